The van der Waals surface area contributed by atoms with Gasteiger partial charge in [0.1, 0.15) is 17.6 Å². The number of carbonyl (C=O) groups is 2. The van der Waals surface area contributed by atoms with Crippen molar-refractivity contribution in [2.24, 2.45) is 0 Å². The predicted octanol–water partition coefficient (Wildman–Crippen LogP) is 1.56. The first-order valence-corrected chi connectivity index (χ1v) is 5.79. The Kier molecular flexibility index (Phi) is 5.08. The van der Waals surface area contributed by atoms with Crippen LogP contribution in [0.25, 0.3) is 0 Å². The first-order valence-electron chi connectivity index (χ1n) is 5.00. The molecule has 0 radical (unpaired) electrons. The molecule has 0 saturated heterocycles. The van der Waals surface area contributed by atoms with Crippen molar-refractivity contribution in [1.82, 2.24) is 5.32 Å². The van der Waals surface area contributed by atoms with Gasteiger partial charge >= 0.3 is 5.97 Å². The highest BCUT2D eigenvalue weighted by molar-refractivity contribution is 9.10. The summed E-state index contributed by atoms with van der Waals surface area (Å²) in [7, 11) is 0. The van der Waals surface area contributed by atoms with E-state index in [-0.39, 0.29) is 6.61 Å². The second-order valence-corrected chi connectivity index (χ2v) is 4.35. The number of hydrogen-bond donors (Lipinski definition) is 2. The van der Waals surface area contributed by atoms with Crippen LogP contribution in [0.1, 0.15) is 6.92 Å². The number of rotatable bonds is 5. The van der Waals surface area contributed by atoms with Gasteiger partial charge in [0.15, 0.2) is 6.61 Å². The van der Waals surface area contributed by atoms with Crippen molar-refractivity contribution in [3.63, 3.8) is 0 Å². The van der Waals surface area contributed by atoms with Gasteiger partial charge in [0.2, 0.25) is 0 Å². The molecule has 0 aliphatic heterocycles. The third-order valence-corrected chi connectivity index (χ3v) is 2.62. The average Bonchev–Trinajstić information content (AvgIpc) is 2.27. The zero-order chi connectivity index (χ0) is 13.7. The van der Waals surface area contributed by atoms with Gasteiger partial charge in [0, 0.05) is 0 Å². The second-order valence-electron chi connectivity index (χ2n) is 3.49. The fourth-order valence-electron chi connectivity index (χ4n) is 1.08. The number of nitrogens with one attached hydrogen (secondary N) is 1. The predicted molar refractivity (Wildman–Crippen MR) is 64.8 cm³/mol. The Labute approximate surface area is 111 Å². The Balaban J connectivity index is 2.50. The molecule has 1 amide bonds. The molecular formula is C11H11BrFNO4. The van der Waals surface area contributed by atoms with E-state index in [2.05, 4.69) is 21.2 Å². The molecule has 1 aromatic carbocycles. The van der Waals surface area contributed by atoms with Crippen molar-refractivity contribution in [2.45, 2.75) is 13.0 Å². The van der Waals surface area contributed by atoms with Gasteiger partial charge in [-0.1, -0.05) is 0 Å². The molecule has 1 rings (SSSR count). The summed E-state index contributed by atoms with van der Waals surface area (Å²) in [6.45, 7) is 0.996. The van der Waals surface area contributed by atoms with E-state index in [0.29, 0.717) is 10.2 Å². The summed E-state index contributed by atoms with van der Waals surface area (Å²) in [5.74, 6) is -1.83. The lowest BCUT2D eigenvalue weighted by Crippen LogP contribution is -2.40. The van der Waals surface area contributed by atoms with Crippen molar-refractivity contribution in [3.05, 3.63) is 28.5 Å². The largest absolute Gasteiger partial charge is 0.483 e. The Morgan fingerprint density at radius 2 is 2.22 bits per heavy atom. The lowest BCUT2D eigenvalue weighted by atomic mass is 10.3. The first-order chi connectivity index (χ1) is 8.40. The molecule has 0 aliphatic rings. The minimum absolute atomic E-state index is 0.300. The van der Waals surface area contributed by atoms with Crippen molar-refractivity contribution < 1.29 is 23.8 Å². The van der Waals surface area contributed by atoms with Gasteiger partial charge in [0.25, 0.3) is 5.91 Å². The van der Waals surface area contributed by atoms with Gasteiger partial charge in [-0.3, -0.25) is 9.59 Å². The summed E-state index contributed by atoms with van der Waals surface area (Å²) in [6, 6.07) is 2.77. The van der Waals surface area contributed by atoms with Crippen LogP contribution in [-0.4, -0.2) is 29.6 Å². The van der Waals surface area contributed by atoms with Crippen molar-refractivity contribution in [1.29, 1.82) is 0 Å². The molecule has 0 aliphatic carbocycles. The molecule has 0 saturated carbocycles. The molecule has 2 N–H and O–H groups in total. The number of halogens is 2. The molecule has 1 aromatic rings. The fourth-order valence-corrected chi connectivity index (χ4v) is 1.55. The van der Waals surface area contributed by atoms with Gasteiger partial charge in [-0.15, -0.1) is 0 Å². The molecule has 5 nitrogen and oxygen atoms in total. The maximum atomic E-state index is 12.8. The maximum absolute atomic E-state index is 12.8. The van der Waals surface area contributed by atoms with Crippen molar-refractivity contribution >= 4 is 27.8 Å². The topological polar surface area (TPSA) is 75.6 Å². The van der Waals surface area contributed by atoms with E-state index in [1.165, 1.54) is 25.1 Å². The summed E-state index contributed by atoms with van der Waals surface area (Å²) in [5.41, 5.74) is 0. The average molecular weight is 320 g/mol. The Morgan fingerprint density at radius 3 is 2.78 bits per heavy atom. The number of carboxylic acids is 1. The standard InChI is InChI=1S/C11H11BrFNO4/c1-6(11(16)17)14-10(15)5-18-9-3-2-7(13)4-8(9)12/h2-4,6H,5H2,1H3,(H,14,15)(H,16,17)/t6-/m1/s1. The van der Waals surface area contributed by atoms with Crippen LogP contribution in [0, 0.1) is 5.82 Å². The highest BCUT2D eigenvalue weighted by atomic mass is 79.9. The number of benzene rings is 1. The highest BCUT2D eigenvalue weighted by Gasteiger charge is 2.14. The summed E-state index contributed by atoms with van der Waals surface area (Å²) in [6.07, 6.45) is 0. The number of hydrogen-bond acceptors (Lipinski definition) is 3. The smallest absolute Gasteiger partial charge is 0.325 e. The summed E-state index contributed by atoms with van der Waals surface area (Å²) in [4.78, 5) is 21.8. The molecule has 0 heterocycles. The molecule has 1 atom stereocenters. The zero-order valence-electron chi connectivity index (χ0n) is 9.44. The van der Waals surface area contributed by atoms with Gasteiger partial charge in [-0.05, 0) is 41.1 Å². The quantitative estimate of drug-likeness (QED) is 0.863. The van der Waals surface area contributed by atoms with E-state index < -0.39 is 23.7 Å². The maximum Gasteiger partial charge on any atom is 0.325 e. The minimum atomic E-state index is -1.13. The molecule has 0 fully saturated rings. The van der Waals surface area contributed by atoms with Gasteiger partial charge in [-0.25, -0.2) is 4.39 Å². The van der Waals surface area contributed by atoms with Gasteiger partial charge in [0.05, 0.1) is 4.47 Å². The van der Waals surface area contributed by atoms with Crippen LogP contribution in [0.2, 0.25) is 0 Å². The van der Waals surface area contributed by atoms with Crippen LogP contribution >= 0.6 is 15.9 Å². The third kappa shape index (κ3) is 4.33. The molecule has 0 aromatic heterocycles. The number of carbonyl (C=O) groups excluding carboxylic acids is 1. The number of aliphatic carboxylic acids is 1. The molecule has 18 heavy (non-hydrogen) atoms. The molecule has 98 valence electrons. The Morgan fingerprint density at radius 1 is 1.56 bits per heavy atom. The van der Waals surface area contributed by atoms with Crippen molar-refractivity contribution in [3.8, 4) is 5.75 Å². The van der Waals surface area contributed by atoms with E-state index in [1.54, 1.807) is 0 Å². The minimum Gasteiger partial charge on any atom is -0.483 e. The number of carboxylic acid groups (broad SMARTS) is 1. The van der Waals surface area contributed by atoms with Crippen LogP contribution in [0.15, 0.2) is 22.7 Å². The lowest BCUT2D eigenvalue weighted by molar-refractivity contribution is -0.141. The van der Waals surface area contributed by atoms with Gasteiger partial charge < -0.3 is 15.2 Å². The summed E-state index contributed by atoms with van der Waals surface area (Å²) < 4.78 is 18.3. The summed E-state index contributed by atoms with van der Waals surface area (Å²) in [5, 5.41) is 10.8. The number of amides is 1. The Bertz CT molecular complexity index is 466. The molecular weight excluding hydrogens is 309 g/mol. The second kappa shape index (κ2) is 6.34. The van der Waals surface area contributed by atoms with E-state index in [1.807, 2.05) is 0 Å². The lowest BCUT2D eigenvalue weighted by Gasteiger charge is -2.11. The first kappa shape index (κ1) is 14.4. The van der Waals surface area contributed by atoms with Crippen LogP contribution in [0.4, 0.5) is 4.39 Å². The van der Waals surface area contributed by atoms with Gasteiger partial charge in [-0.2, -0.15) is 0 Å². The molecule has 0 spiro atoms. The third-order valence-electron chi connectivity index (χ3n) is 2.00. The SMILES string of the molecule is C[C@@H](NC(=O)COc1ccc(F)cc1Br)C(=O)O. The Hall–Kier alpha value is -1.63. The van der Waals surface area contributed by atoms with Crippen LogP contribution in [0.5, 0.6) is 5.75 Å². The fraction of sp³-hybridized carbons (Fsp3) is 0.273. The van der Waals surface area contributed by atoms with Crippen LogP contribution < -0.4 is 10.1 Å². The molecule has 0 unspecified atom stereocenters. The normalized spacial score (nSPS) is 11.7. The zero-order valence-corrected chi connectivity index (χ0v) is 11.0. The van der Waals surface area contributed by atoms with E-state index in [0.717, 1.165) is 0 Å². The molecule has 7 heteroatoms. The van der Waals surface area contributed by atoms with Crippen molar-refractivity contribution in [2.75, 3.05) is 6.61 Å². The monoisotopic (exact) mass is 319 g/mol. The highest BCUT2D eigenvalue weighted by Crippen LogP contribution is 2.25. The van der Waals surface area contributed by atoms with Crippen LogP contribution in [-0.2, 0) is 9.59 Å². The molecule has 0 bridgehead atoms. The summed E-state index contributed by atoms with van der Waals surface area (Å²) >= 11 is 3.08. The van der Waals surface area contributed by atoms with E-state index in [4.69, 9.17) is 9.84 Å². The van der Waals surface area contributed by atoms with Crippen LogP contribution in [0.3, 0.4) is 0 Å². The number of ether oxygens (including phenoxy) is 1. The van der Waals surface area contributed by atoms with E-state index in [9.17, 15) is 14.0 Å². The van der Waals surface area contributed by atoms with E-state index >= 15 is 0 Å².